The van der Waals surface area contributed by atoms with Gasteiger partial charge in [-0.2, -0.15) is 0 Å². The van der Waals surface area contributed by atoms with Crippen LogP contribution in [0.3, 0.4) is 0 Å². The molecule has 98 valence electrons. The van der Waals surface area contributed by atoms with Gasteiger partial charge in [0.2, 0.25) is 0 Å². The molecule has 2 nitrogen and oxygen atoms in total. The maximum atomic E-state index is 5.83. The predicted octanol–water partition coefficient (Wildman–Crippen LogP) is 5.04. The number of hydrogen-bond acceptors (Lipinski definition) is 2. The lowest BCUT2D eigenvalue weighted by Gasteiger charge is -2.19. The summed E-state index contributed by atoms with van der Waals surface area (Å²) < 4.78 is 5.83. The van der Waals surface area contributed by atoms with Gasteiger partial charge in [0.1, 0.15) is 11.2 Å². The Morgan fingerprint density at radius 3 is 2.47 bits per heavy atom. The van der Waals surface area contributed by atoms with Crippen molar-refractivity contribution in [2.24, 2.45) is 5.41 Å². The van der Waals surface area contributed by atoms with E-state index in [0.717, 1.165) is 23.4 Å². The van der Waals surface area contributed by atoms with Crippen molar-refractivity contribution in [1.82, 2.24) is 0 Å². The summed E-state index contributed by atoms with van der Waals surface area (Å²) in [6.45, 7) is 7.64. The van der Waals surface area contributed by atoms with Crippen LogP contribution in [-0.4, -0.2) is 6.54 Å². The van der Waals surface area contributed by atoms with E-state index in [1.807, 2.05) is 24.3 Å². The smallest absolute Gasteiger partial charge is 0.135 e. The topological polar surface area (TPSA) is 25.2 Å². The van der Waals surface area contributed by atoms with Gasteiger partial charge in [-0.1, -0.05) is 39.0 Å². The van der Waals surface area contributed by atoms with E-state index in [9.17, 15) is 0 Å². The molecule has 0 saturated carbocycles. The second kappa shape index (κ2) is 4.30. The fraction of sp³-hybridized carbons (Fsp3) is 0.294. The third kappa shape index (κ3) is 2.43. The molecule has 1 N–H and O–H groups in total. The third-order valence-corrected chi connectivity index (χ3v) is 3.20. The van der Waals surface area contributed by atoms with Crippen LogP contribution in [0, 0.1) is 5.41 Å². The van der Waals surface area contributed by atoms with Crippen LogP contribution in [0.25, 0.3) is 21.9 Å². The standard InChI is InChI=1S/C17H19NO/c1-17(2,3)11-18-12-8-9-16-14(10-12)13-6-4-5-7-15(13)19-16/h4-10,18H,11H2,1-3H3. The van der Waals surface area contributed by atoms with Gasteiger partial charge in [-0.25, -0.2) is 0 Å². The lowest BCUT2D eigenvalue weighted by Crippen LogP contribution is -2.18. The van der Waals surface area contributed by atoms with E-state index >= 15 is 0 Å². The number of benzene rings is 2. The van der Waals surface area contributed by atoms with Crippen molar-refractivity contribution in [3.63, 3.8) is 0 Å². The van der Waals surface area contributed by atoms with Gasteiger partial charge in [-0.3, -0.25) is 0 Å². The predicted molar refractivity (Wildman–Crippen MR) is 81.7 cm³/mol. The zero-order chi connectivity index (χ0) is 13.5. The highest BCUT2D eigenvalue weighted by Crippen LogP contribution is 2.30. The van der Waals surface area contributed by atoms with E-state index in [-0.39, 0.29) is 5.41 Å². The number of anilines is 1. The molecule has 1 heterocycles. The van der Waals surface area contributed by atoms with Crippen molar-refractivity contribution in [3.8, 4) is 0 Å². The van der Waals surface area contributed by atoms with E-state index < -0.39 is 0 Å². The maximum Gasteiger partial charge on any atom is 0.135 e. The molecule has 0 radical (unpaired) electrons. The van der Waals surface area contributed by atoms with Gasteiger partial charge in [0.25, 0.3) is 0 Å². The van der Waals surface area contributed by atoms with Crippen molar-refractivity contribution in [1.29, 1.82) is 0 Å². The summed E-state index contributed by atoms with van der Waals surface area (Å²) in [6, 6.07) is 14.5. The molecule has 0 amide bonds. The Morgan fingerprint density at radius 2 is 1.68 bits per heavy atom. The number of rotatable bonds is 2. The summed E-state index contributed by atoms with van der Waals surface area (Å²) in [5, 5.41) is 5.84. The van der Waals surface area contributed by atoms with Gasteiger partial charge in [0.15, 0.2) is 0 Å². The van der Waals surface area contributed by atoms with Crippen LogP contribution in [0.5, 0.6) is 0 Å². The highest BCUT2D eigenvalue weighted by Gasteiger charge is 2.11. The molecule has 2 heteroatoms. The van der Waals surface area contributed by atoms with Gasteiger partial charge in [0, 0.05) is 23.0 Å². The van der Waals surface area contributed by atoms with E-state index in [1.54, 1.807) is 0 Å². The van der Waals surface area contributed by atoms with Crippen molar-refractivity contribution >= 4 is 27.6 Å². The fourth-order valence-electron chi connectivity index (χ4n) is 2.20. The average Bonchev–Trinajstić information content (AvgIpc) is 2.73. The van der Waals surface area contributed by atoms with Crippen molar-refractivity contribution in [3.05, 3.63) is 42.5 Å². The monoisotopic (exact) mass is 253 g/mol. The third-order valence-electron chi connectivity index (χ3n) is 3.20. The van der Waals surface area contributed by atoms with Crippen LogP contribution < -0.4 is 5.32 Å². The number of furan rings is 1. The summed E-state index contributed by atoms with van der Waals surface area (Å²) >= 11 is 0. The zero-order valence-electron chi connectivity index (χ0n) is 11.7. The molecule has 0 aliphatic rings. The van der Waals surface area contributed by atoms with E-state index in [4.69, 9.17) is 4.42 Å². The second-order valence-electron chi connectivity index (χ2n) is 6.22. The van der Waals surface area contributed by atoms with Gasteiger partial charge in [-0.15, -0.1) is 0 Å². The molecule has 0 bridgehead atoms. The highest BCUT2D eigenvalue weighted by molar-refractivity contribution is 6.05. The normalized spacial score (nSPS) is 12.2. The Hall–Kier alpha value is -1.96. The Morgan fingerprint density at radius 1 is 0.947 bits per heavy atom. The summed E-state index contributed by atoms with van der Waals surface area (Å²) in [4.78, 5) is 0. The molecular formula is C17H19NO. The molecule has 0 atom stereocenters. The number of hydrogen-bond donors (Lipinski definition) is 1. The number of nitrogens with one attached hydrogen (secondary N) is 1. The minimum atomic E-state index is 0.271. The van der Waals surface area contributed by atoms with Crippen LogP contribution in [0.2, 0.25) is 0 Å². The van der Waals surface area contributed by atoms with Crippen LogP contribution in [0.4, 0.5) is 5.69 Å². The van der Waals surface area contributed by atoms with Gasteiger partial charge in [-0.05, 0) is 29.7 Å². The molecule has 1 aromatic heterocycles. The lowest BCUT2D eigenvalue weighted by molar-refractivity contribution is 0.443. The van der Waals surface area contributed by atoms with Gasteiger partial charge >= 0.3 is 0 Å². The lowest BCUT2D eigenvalue weighted by atomic mass is 9.97. The fourth-order valence-corrected chi connectivity index (χ4v) is 2.20. The quantitative estimate of drug-likeness (QED) is 0.691. The molecule has 0 unspecified atom stereocenters. The van der Waals surface area contributed by atoms with E-state index in [1.165, 1.54) is 10.8 Å². The van der Waals surface area contributed by atoms with Crippen LogP contribution >= 0.6 is 0 Å². The average molecular weight is 253 g/mol. The minimum absolute atomic E-state index is 0.271. The van der Waals surface area contributed by atoms with Gasteiger partial charge in [0.05, 0.1) is 0 Å². The molecule has 0 saturated heterocycles. The molecule has 3 rings (SSSR count). The SMILES string of the molecule is CC(C)(C)CNc1ccc2oc3ccccc3c2c1. The number of fused-ring (bicyclic) bond motifs is 3. The first-order valence-corrected chi connectivity index (χ1v) is 6.68. The largest absolute Gasteiger partial charge is 0.456 e. The maximum absolute atomic E-state index is 5.83. The first-order valence-electron chi connectivity index (χ1n) is 6.68. The molecule has 0 fully saturated rings. The van der Waals surface area contributed by atoms with Gasteiger partial charge < -0.3 is 9.73 Å². The summed E-state index contributed by atoms with van der Waals surface area (Å²) in [6.07, 6.45) is 0. The molecule has 3 aromatic rings. The second-order valence-corrected chi connectivity index (χ2v) is 6.22. The van der Waals surface area contributed by atoms with Crippen LogP contribution in [0.1, 0.15) is 20.8 Å². The van der Waals surface area contributed by atoms with Crippen molar-refractivity contribution in [2.75, 3.05) is 11.9 Å². The minimum Gasteiger partial charge on any atom is -0.456 e. The molecule has 0 aliphatic carbocycles. The summed E-state index contributed by atoms with van der Waals surface area (Å²) in [5.74, 6) is 0. The first-order chi connectivity index (χ1) is 9.03. The molecule has 0 spiro atoms. The van der Waals surface area contributed by atoms with Crippen molar-refractivity contribution in [2.45, 2.75) is 20.8 Å². The summed E-state index contributed by atoms with van der Waals surface area (Å²) in [7, 11) is 0. The number of para-hydroxylation sites is 1. The first kappa shape index (κ1) is 12.1. The highest BCUT2D eigenvalue weighted by atomic mass is 16.3. The molecular weight excluding hydrogens is 234 g/mol. The van der Waals surface area contributed by atoms with Crippen LogP contribution in [-0.2, 0) is 0 Å². The molecule has 19 heavy (non-hydrogen) atoms. The van der Waals surface area contributed by atoms with Crippen LogP contribution in [0.15, 0.2) is 46.9 Å². The van der Waals surface area contributed by atoms with E-state index in [2.05, 4.69) is 44.3 Å². The Kier molecular flexibility index (Phi) is 2.74. The Balaban J connectivity index is 2.02. The molecule has 2 aromatic carbocycles. The van der Waals surface area contributed by atoms with Crippen molar-refractivity contribution < 1.29 is 4.42 Å². The molecule has 0 aliphatic heterocycles. The summed E-state index contributed by atoms with van der Waals surface area (Å²) in [5.41, 5.74) is 3.31. The Bertz CT molecular complexity index is 719. The van der Waals surface area contributed by atoms with E-state index in [0.29, 0.717) is 0 Å². The zero-order valence-corrected chi connectivity index (χ0v) is 11.7. The Labute approximate surface area is 113 Å².